The van der Waals surface area contributed by atoms with Crippen LogP contribution in [-0.4, -0.2) is 34.1 Å². The van der Waals surface area contributed by atoms with Gasteiger partial charge in [0.05, 0.1) is 28.2 Å². The molecular weight excluding hydrogens is 511 g/mol. The number of likely N-dealkylation sites (tertiary alicyclic amines) is 1. The summed E-state index contributed by atoms with van der Waals surface area (Å²) in [5, 5.41) is 12.8. The number of piperidine rings is 1. The van der Waals surface area contributed by atoms with Crippen LogP contribution in [0.3, 0.4) is 0 Å². The van der Waals surface area contributed by atoms with Crippen molar-refractivity contribution in [2.45, 2.75) is 83.4 Å². The minimum absolute atomic E-state index is 0.00829. The highest BCUT2D eigenvalue weighted by atomic mass is 19.4. The fourth-order valence-electron chi connectivity index (χ4n) is 6.86. The first kappa shape index (κ1) is 28.2. The number of allylic oxidation sites excluding steroid dienone is 1. The van der Waals surface area contributed by atoms with Gasteiger partial charge in [0.15, 0.2) is 0 Å². The maximum absolute atomic E-state index is 14.3. The van der Waals surface area contributed by atoms with Gasteiger partial charge in [-0.3, -0.25) is 0 Å². The van der Waals surface area contributed by atoms with Crippen molar-refractivity contribution in [1.82, 2.24) is 14.5 Å². The average molecular weight is 550 g/mol. The minimum atomic E-state index is -4.44. The van der Waals surface area contributed by atoms with E-state index in [1.165, 1.54) is 6.07 Å². The normalized spacial score (nSPS) is 17.7. The first-order valence-electron chi connectivity index (χ1n) is 14.4. The Labute approximate surface area is 234 Å². The van der Waals surface area contributed by atoms with Crippen molar-refractivity contribution in [3.8, 4) is 6.07 Å². The average Bonchev–Trinajstić information content (AvgIpc) is 3.39. The number of alkyl halides is 3. The summed E-state index contributed by atoms with van der Waals surface area (Å²) in [5.74, 6) is 0.645. The molecule has 1 N–H and O–H groups in total. The van der Waals surface area contributed by atoms with Gasteiger partial charge in [-0.1, -0.05) is 26.8 Å². The van der Waals surface area contributed by atoms with Crippen molar-refractivity contribution in [3.63, 3.8) is 0 Å². The van der Waals surface area contributed by atoms with Gasteiger partial charge in [-0.05, 0) is 107 Å². The second kappa shape index (κ2) is 10.9. The molecule has 8 heteroatoms. The number of halogens is 3. The molecule has 1 spiro atoms. The quantitative estimate of drug-likeness (QED) is 0.310. The fourth-order valence-corrected chi connectivity index (χ4v) is 6.86. The Hall–Kier alpha value is -3.31. The van der Waals surface area contributed by atoms with Crippen molar-refractivity contribution in [1.29, 1.82) is 5.26 Å². The summed E-state index contributed by atoms with van der Waals surface area (Å²) in [5.41, 5.74) is 4.45. The SMILES string of the molecule is C=C1Nc2ccc(C#N)cc2C12CCN(CCCc1cc(C(F)(F)F)c3c(c1)nc(C)n3C(CC)CCC)CC2. The number of anilines is 1. The van der Waals surface area contributed by atoms with E-state index >= 15 is 0 Å². The monoisotopic (exact) mass is 549 g/mol. The molecule has 2 aliphatic heterocycles. The van der Waals surface area contributed by atoms with E-state index in [0.29, 0.717) is 28.9 Å². The lowest BCUT2D eigenvalue weighted by molar-refractivity contribution is -0.136. The topological polar surface area (TPSA) is 56.9 Å². The van der Waals surface area contributed by atoms with E-state index in [1.807, 2.05) is 42.7 Å². The number of nitrogens with one attached hydrogen (secondary N) is 1. The number of aryl methyl sites for hydroxylation is 2. The third-order valence-electron chi connectivity index (χ3n) is 8.96. The lowest BCUT2D eigenvalue weighted by atomic mass is 9.72. The molecule has 3 aromatic rings. The van der Waals surface area contributed by atoms with Gasteiger partial charge in [0.25, 0.3) is 0 Å². The number of imidazole rings is 1. The predicted octanol–water partition coefficient (Wildman–Crippen LogP) is 7.89. The number of hydrogen-bond acceptors (Lipinski definition) is 4. The Morgan fingerprint density at radius 3 is 2.58 bits per heavy atom. The summed E-state index contributed by atoms with van der Waals surface area (Å²) >= 11 is 0. The fraction of sp³-hybridized carbons (Fsp3) is 0.500. The Bertz CT molecular complexity index is 1450. The van der Waals surface area contributed by atoms with Crippen LogP contribution in [0.15, 0.2) is 42.6 Å². The van der Waals surface area contributed by atoms with Gasteiger partial charge >= 0.3 is 6.18 Å². The van der Waals surface area contributed by atoms with Crippen molar-refractivity contribution in [3.05, 3.63) is 70.7 Å². The van der Waals surface area contributed by atoms with Gasteiger partial charge < -0.3 is 14.8 Å². The molecule has 0 saturated carbocycles. The zero-order chi connectivity index (χ0) is 28.7. The molecule has 1 saturated heterocycles. The summed E-state index contributed by atoms with van der Waals surface area (Å²) in [6.45, 7) is 12.8. The zero-order valence-electron chi connectivity index (χ0n) is 23.7. The third kappa shape index (κ3) is 5.01. The van der Waals surface area contributed by atoms with Crippen molar-refractivity contribution >= 4 is 16.7 Å². The van der Waals surface area contributed by atoms with Crippen LogP contribution >= 0.6 is 0 Å². The maximum Gasteiger partial charge on any atom is 0.418 e. The van der Waals surface area contributed by atoms with Gasteiger partial charge in [-0.2, -0.15) is 18.4 Å². The highest BCUT2D eigenvalue weighted by Gasteiger charge is 2.44. The van der Waals surface area contributed by atoms with E-state index in [2.05, 4.69) is 34.8 Å². The van der Waals surface area contributed by atoms with Gasteiger partial charge in [-0.15, -0.1) is 0 Å². The molecule has 1 unspecified atom stereocenters. The lowest BCUT2D eigenvalue weighted by Gasteiger charge is -2.40. The van der Waals surface area contributed by atoms with E-state index in [4.69, 9.17) is 0 Å². The minimum Gasteiger partial charge on any atom is -0.358 e. The highest BCUT2D eigenvalue weighted by Crippen LogP contribution is 2.49. The molecule has 0 radical (unpaired) electrons. The molecule has 5 nitrogen and oxygen atoms in total. The van der Waals surface area contributed by atoms with Gasteiger partial charge in [0, 0.05) is 22.8 Å². The number of fused-ring (bicyclic) bond motifs is 3. The molecule has 1 fully saturated rings. The third-order valence-corrected chi connectivity index (χ3v) is 8.96. The van der Waals surface area contributed by atoms with Crippen molar-refractivity contribution < 1.29 is 13.2 Å². The smallest absolute Gasteiger partial charge is 0.358 e. The summed E-state index contributed by atoms with van der Waals surface area (Å²) in [6, 6.07) is 11.2. The number of rotatable bonds is 8. The van der Waals surface area contributed by atoms with Crippen LogP contribution in [0.5, 0.6) is 0 Å². The van der Waals surface area contributed by atoms with E-state index < -0.39 is 11.7 Å². The Morgan fingerprint density at radius 2 is 1.93 bits per heavy atom. The molecule has 1 aromatic heterocycles. The molecule has 5 rings (SSSR count). The van der Waals surface area contributed by atoms with Gasteiger partial charge in [-0.25, -0.2) is 4.98 Å². The Balaban J connectivity index is 1.29. The molecule has 40 heavy (non-hydrogen) atoms. The molecule has 2 aliphatic rings. The van der Waals surface area contributed by atoms with E-state index in [1.54, 1.807) is 0 Å². The molecule has 0 bridgehead atoms. The number of nitrogens with zero attached hydrogens (tertiary/aromatic N) is 4. The second-order valence-corrected chi connectivity index (χ2v) is 11.4. The number of nitriles is 1. The molecule has 0 aliphatic carbocycles. The van der Waals surface area contributed by atoms with Crippen LogP contribution in [0.1, 0.15) is 86.5 Å². The Morgan fingerprint density at radius 1 is 1.18 bits per heavy atom. The lowest BCUT2D eigenvalue weighted by Crippen LogP contribution is -2.43. The number of aromatic nitrogens is 2. The summed E-state index contributed by atoms with van der Waals surface area (Å²) in [7, 11) is 0. The van der Waals surface area contributed by atoms with E-state index in [9.17, 15) is 18.4 Å². The van der Waals surface area contributed by atoms with Crippen LogP contribution in [0.4, 0.5) is 18.9 Å². The van der Waals surface area contributed by atoms with Crippen molar-refractivity contribution in [2.75, 3.05) is 25.0 Å². The molecule has 3 heterocycles. The first-order valence-corrected chi connectivity index (χ1v) is 14.4. The largest absolute Gasteiger partial charge is 0.418 e. The predicted molar refractivity (Wildman–Crippen MR) is 153 cm³/mol. The highest BCUT2D eigenvalue weighted by molar-refractivity contribution is 5.81. The molecule has 1 atom stereocenters. The summed E-state index contributed by atoms with van der Waals surface area (Å²) in [6.07, 6.45) is 1.21. The first-order chi connectivity index (χ1) is 19.1. The van der Waals surface area contributed by atoms with E-state index in [0.717, 1.165) is 75.1 Å². The zero-order valence-corrected chi connectivity index (χ0v) is 23.7. The number of hydrogen-bond donors (Lipinski definition) is 1. The Kier molecular flexibility index (Phi) is 7.71. The molecule has 212 valence electrons. The van der Waals surface area contributed by atoms with Crippen LogP contribution in [-0.2, 0) is 18.0 Å². The van der Waals surface area contributed by atoms with Gasteiger partial charge in [0.1, 0.15) is 5.82 Å². The van der Waals surface area contributed by atoms with E-state index in [-0.39, 0.29) is 17.0 Å². The molecule has 2 aromatic carbocycles. The number of benzene rings is 2. The molecular formula is C32H38F3N5. The standard InChI is InChI=1S/C32H38F3N5/c1-5-8-25(6-2)40-22(4)38-29-19-23(17-27(30(29)40)32(33,34)35)9-7-14-39-15-12-31(13-16-39)21(3)37-28-11-10-24(20-36)18-26(28)31/h10-11,17-19,25,37H,3,5-9,12-16H2,1-2,4H3. The van der Waals surface area contributed by atoms with Crippen LogP contribution in [0.25, 0.3) is 11.0 Å². The summed E-state index contributed by atoms with van der Waals surface area (Å²) in [4.78, 5) is 6.99. The second-order valence-electron chi connectivity index (χ2n) is 11.4. The van der Waals surface area contributed by atoms with Crippen molar-refractivity contribution in [2.24, 2.45) is 0 Å². The maximum atomic E-state index is 14.3. The van der Waals surface area contributed by atoms with Gasteiger partial charge in [0.2, 0.25) is 0 Å². The molecule has 0 amide bonds. The van der Waals surface area contributed by atoms with Crippen LogP contribution in [0, 0.1) is 18.3 Å². The van der Waals surface area contributed by atoms with Crippen LogP contribution in [0.2, 0.25) is 0 Å². The van der Waals surface area contributed by atoms with Crippen LogP contribution < -0.4 is 5.32 Å². The summed E-state index contributed by atoms with van der Waals surface area (Å²) < 4.78 is 44.7.